The van der Waals surface area contributed by atoms with Crippen LogP contribution >= 0.6 is 0 Å². The quantitative estimate of drug-likeness (QED) is 0.797. The van der Waals surface area contributed by atoms with Gasteiger partial charge in [0.15, 0.2) is 0 Å². The SMILES string of the molecule is CCCS(=O)(=O)Nc1cccc(C(=O)N(C)C(C)c2ccc(C)cc2)c1. The molecule has 2 aromatic carbocycles. The number of hydrogen-bond acceptors (Lipinski definition) is 3. The molecule has 140 valence electrons. The van der Waals surface area contributed by atoms with Crippen molar-refractivity contribution in [1.29, 1.82) is 0 Å². The van der Waals surface area contributed by atoms with Crippen molar-refractivity contribution in [3.8, 4) is 0 Å². The van der Waals surface area contributed by atoms with Gasteiger partial charge < -0.3 is 4.90 Å². The van der Waals surface area contributed by atoms with Crippen LogP contribution in [0.25, 0.3) is 0 Å². The third kappa shape index (κ3) is 5.08. The van der Waals surface area contributed by atoms with Gasteiger partial charge in [-0.15, -0.1) is 0 Å². The molecule has 0 saturated carbocycles. The number of rotatable bonds is 7. The molecule has 0 aliphatic heterocycles. The molecule has 0 aliphatic rings. The minimum absolute atomic E-state index is 0.0511. The fourth-order valence-electron chi connectivity index (χ4n) is 2.66. The van der Waals surface area contributed by atoms with Crippen LogP contribution in [0.2, 0.25) is 0 Å². The van der Waals surface area contributed by atoms with E-state index >= 15 is 0 Å². The molecule has 2 rings (SSSR count). The number of amides is 1. The lowest BCUT2D eigenvalue weighted by molar-refractivity contribution is 0.0742. The number of benzene rings is 2. The second-order valence-corrected chi connectivity index (χ2v) is 8.35. The Morgan fingerprint density at radius 3 is 2.42 bits per heavy atom. The highest BCUT2D eigenvalue weighted by molar-refractivity contribution is 7.92. The molecule has 0 bridgehead atoms. The monoisotopic (exact) mass is 374 g/mol. The lowest BCUT2D eigenvalue weighted by atomic mass is 10.0. The number of hydrogen-bond donors (Lipinski definition) is 1. The summed E-state index contributed by atoms with van der Waals surface area (Å²) in [6, 6.07) is 14.6. The summed E-state index contributed by atoms with van der Waals surface area (Å²) < 4.78 is 26.4. The van der Waals surface area contributed by atoms with Crippen LogP contribution in [0.3, 0.4) is 0 Å². The molecular weight excluding hydrogens is 348 g/mol. The maximum atomic E-state index is 12.8. The third-order valence-corrected chi connectivity index (χ3v) is 5.81. The first kappa shape index (κ1) is 20.0. The first-order valence-corrected chi connectivity index (χ1v) is 10.3. The summed E-state index contributed by atoms with van der Waals surface area (Å²) in [5.41, 5.74) is 3.07. The highest BCUT2D eigenvalue weighted by Gasteiger charge is 2.19. The number of sulfonamides is 1. The minimum Gasteiger partial charge on any atom is -0.335 e. The highest BCUT2D eigenvalue weighted by Crippen LogP contribution is 2.22. The summed E-state index contributed by atoms with van der Waals surface area (Å²) in [5.74, 6) is -0.107. The van der Waals surface area contributed by atoms with E-state index in [-0.39, 0.29) is 17.7 Å². The highest BCUT2D eigenvalue weighted by atomic mass is 32.2. The number of carbonyl (C=O) groups is 1. The van der Waals surface area contributed by atoms with E-state index in [1.807, 2.05) is 38.1 Å². The molecule has 1 amide bonds. The van der Waals surface area contributed by atoms with Crippen LogP contribution in [0, 0.1) is 6.92 Å². The van der Waals surface area contributed by atoms with Crippen LogP contribution in [0.5, 0.6) is 0 Å². The van der Waals surface area contributed by atoms with Crippen molar-refractivity contribution in [3.63, 3.8) is 0 Å². The van der Waals surface area contributed by atoms with E-state index in [4.69, 9.17) is 0 Å². The Kier molecular flexibility index (Phi) is 6.42. The topological polar surface area (TPSA) is 66.5 Å². The molecule has 0 radical (unpaired) electrons. The maximum absolute atomic E-state index is 12.8. The van der Waals surface area contributed by atoms with Crippen LogP contribution in [-0.2, 0) is 10.0 Å². The van der Waals surface area contributed by atoms with E-state index in [9.17, 15) is 13.2 Å². The Labute approximate surface area is 156 Å². The minimum atomic E-state index is -3.39. The molecule has 0 fully saturated rings. The van der Waals surface area contributed by atoms with E-state index in [1.165, 1.54) is 5.56 Å². The van der Waals surface area contributed by atoms with Gasteiger partial charge in [0.1, 0.15) is 0 Å². The van der Waals surface area contributed by atoms with Crippen LogP contribution in [-0.4, -0.2) is 32.0 Å². The van der Waals surface area contributed by atoms with Gasteiger partial charge in [0.25, 0.3) is 5.91 Å². The van der Waals surface area contributed by atoms with Gasteiger partial charge in [0, 0.05) is 18.3 Å². The smallest absolute Gasteiger partial charge is 0.254 e. The molecule has 26 heavy (non-hydrogen) atoms. The molecule has 1 atom stereocenters. The molecule has 0 aliphatic carbocycles. The van der Waals surface area contributed by atoms with Gasteiger partial charge >= 0.3 is 0 Å². The lowest BCUT2D eigenvalue weighted by Gasteiger charge is -2.26. The first-order chi connectivity index (χ1) is 12.2. The van der Waals surface area contributed by atoms with E-state index in [1.54, 1.807) is 43.1 Å². The Bertz CT molecular complexity index is 861. The second-order valence-electron chi connectivity index (χ2n) is 6.50. The maximum Gasteiger partial charge on any atom is 0.254 e. The van der Waals surface area contributed by atoms with Gasteiger partial charge in [-0.3, -0.25) is 9.52 Å². The molecule has 1 unspecified atom stereocenters. The molecule has 0 spiro atoms. The number of nitrogens with one attached hydrogen (secondary N) is 1. The van der Waals surface area contributed by atoms with Gasteiger partial charge in [-0.05, 0) is 44.0 Å². The Morgan fingerprint density at radius 1 is 1.15 bits per heavy atom. The number of anilines is 1. The molecule has 6 heteroatoms. The van der Waals surface area contributed by atoms with Crippen molar-refractivity contribution in [2.45, 2.75) is 33.2 Å². The van der Waals surface area contributed by atoms with Crippen molar-refractivity contribution in [2.75, 3.05) is 17.5 Å². The summed E-state index contributed by atoms with van der Waals surface area (Å²) >= 11 is 0. The fourth-order valence-corrected chi connectivity index (χ4v) is 3.79. The lowest BCUT2D eigenvalue weighted by Crippen LogP contribution is -2.29. The van der Waals surface area contributed by atoms with Gasteiger partial charge in [-0.2, -0.15) is 0 Å². The standard InChI is InChI=1S/C20H26N2O3S/c1-5-13-26(24,25)21-19-8-6-7-18(14-19)20(23)22(4)16(3)17-11-9-15(2)10-12-17/h6-12,14,16,21H,5,13H2,1-4H3. The molecule has 0 saturated heterocycles. The summed E-state index contributed by atoms with van der Waals surface area (Å²) in [6.07, 6.45) is 0.532. The molecule has 0 aromatic heterocycles. The van der Waals surface area contributed by atoms with Gasteiger partial charge in [0.2, 0.25) is 10.0 Å². The summed E-state index contributed by atoms with van der Waals surface area (Å²) in [5, 5.41) is 0. The van der Waals surface area contributed by atoms with Gasteiger partial charge in [-0.25, -0.2) is 8.42 Å². The molecule has 1 N–H and O–H groups in total. The van der Waals surface area contributed by atoms with Crippen molar-refractivity contribution in [2.24, 2.45) is 0 Å². The van der Waals surface area contributed by atoms with Crippen molar-refractivity contribution in [3.05, 3.63) is 65.2 Å². The average Bonchev–Trinajstić information content (AvgIpc) is 2.60. The predicted octanol–water partition coefficient (Wildman–Crippen LogP) is 3.98. The van der Waals surface area contributed by atoms with Gasteiger partial charge in [-0.1, -0.05) is 42.8 Å². The predicted molar refractivity (Wildman–Crippen MR) is 106 cm³/mol. The normalized spacial score (nSPS) is 12.5. The fraction of sp³-hybridized carbons (Fsp3) is 0.350. The zero-order valence-electron chi connectivity index (χ0n) is 15.7. The second kappa shape index (κ2) is 8.36. The number of carbonyl (C=O) groups excluding carboxylic acids is 1. The van der Waals surface area contributed by atoms with Crippen LogP contribution in [0.4, 0.5) is 5.69 Å². The Morgan fingerprint density at radius 2 is 1.81 bits per heavy atom. The van der Waals surface area contributed by atoms with E-state index in [2.05, 4.69) is 4.72 Å². The molecule has 0 heterocycles. The Hall–Kier alpha value is -2.34. The molecular formula is C20H26N2O3S. The first-order valence-electron chi connectivity index (χ1n) is 8.68. The van der Waals surface area contributed by atoms with E-state index in [0.29, 0.717) is 17.7 Å². The van der Waals surface area contributed by atoms with E-state index < -0.39 is 10.0 Å². The number of aryl methyl sites for hydroxylation is 1. The average molecular weight is 375 g/mol. The Balaban J connectivity index is 2.18. The summed E-state index contributed by atoms with van der Waals surface area (Å²) in [7, 11) is -1.63. The van der Waals surface area contributed by atoms with E-state index in [0.717, 1.165) is 5.56 Å². The number of nitrogens with zero attached hydrogens (tertiary/aromatic N) is 1. The third-order valence-electron chi connectivity index (χ3n) is 4.32. The largest absolute Gasteiger partial charge is 0.335 e. The summed E-state index contributed by atoms with van der Waals surface area (Å²) in [4.78, 5) is 14.5. The zero-order chi connectivity index (χ0) is 19.3. The van der Waals surface area contributed by atoms with Crippen LogP contribution < -0.4 is 4.72 Å². The van der Waals surface area contributed by atoms with Gasteiger partial charge in [0.05, 0.1) is 11.8 Å². The molecule has 2 aromatic rings. The zero-order valence-corrected chi connectivity index (χ0v) is 16.5. The van der Waals surface area contributed by atoms with Crippen LogP contribution in [0.15, 0.2) is 48.5 Å². The van der Waals surface area contributed by atoms with Crippen molar-refractivity contribution < 1.29 is 13.2 Å². The molecule has 5 nitrogen and oxygen atoms in total. The van der Waals surface area contributed by atoms with Crippen molar-refractivity contribution in [1.82, 2.24) is 4.90 Å². The summed E-state index contributed by atoms with van der Waals surface area (Å²) in [6.45, 7) is 5.80. The van der Waals surface area contributed by atoms with Crippen molar-refractivity contribution >= 4 is 21.6 Å². The van der Waals surface area contributed by atoms with Crippen LogP contribution in [0.1, 0.15) is 47.8 Å².